The number of carboxylic acids is 1. The molecule has 0 aromatic heterocycles. The molecule has 0 aliphatic carbocycles. The van der Waals surface area contributed by atoms with Crippen LogP contribution in [-0.2, 0) is 15.1 Å². The van der Waals surface area contributed by atoms with E-state index < -0.39 is 11.6 Å². The van der Waals surface area contributed by atoms with Crippen molar-refractivity contribution in [1.82, 2.24) is 0 Å². The van der Waals surface area contributed by atoms with Gasteiger partial charge in [-0.05, 0) is 12.1 Å². The van der Waals surface area contributed by atoms with Crippen LogP contribution in [0.4, 0.5) is 0 Å². The summed E-state index contributed by atoms with van der Waals surface area (Å²) in [5, 5.41) is 10.3. The molecule has 20 heavy (non-hydrogen) atoms. The second-order valence-electron chi connectivity index (χ2n) is 4.15. The van der Waals surface area contributed by atoms with Crippen LogP contribution in [0.15, 0.2) is 48.5 Å². The molecule has 0 atom stereocenters. The lowest BCUT2D eigenvalue weighted by Gasteiger charge is -2.30. The molecule has 2 aromatic carbocycles. The standard InChI is InChI=1S/C15H12Cl2O3/c1-20-15(14(18)19,10-6-2-4-8-12(10)16)11-7-3-5-9-13(11)17/h2-9H,1H3,(H,18,19). The van der Waals surface area contributed by atoms with Gasteiger partial charge >= 0.3 is 5.97 Å². The Hall–Kier alpha value is -1.55. The maximum Gasteiger partial charge on any atom is 0.345 e. The zero-order valence-electron chi connectivity index (χ0n) is 10.6. The van der Waals surface area contributed by atoms with Crippen molar-refractivity contribution in [3.8, 4) is 0 Å². The number of rotatable bonds is 4. The molecule has 5 heteroatoms. The van der Waals surface area contributed by atoms with Gasteiger partial charge in [0.15, 0.2) is 0 Å². The summed E-state index contributed by atoms with van der Waals surface area (Å²) in [7, 11) is 1.32. The lowest BCUT2D eigenvalue weighted by Crippen LogP contribution is -2.39. The van der Waals surface area contributed by atoms with Gasteiger partial charge in [0.25, 0.3) is 0 Å². The van der Waals surface area contributed by atoms with Crippen molar-refractivity contribution in [2.24, 2.45) is 0 Å². The summed E-state index contributed by atoms with van der Waals surface area (Å²) in [5.74, 6) is -1.18. The fourth-order valence-corrected chi connectivity index (χ4v) is 2.71. The number of carboxylic acid groups (broad SMARTS) is 1. The summed E-state index contributed by atoms with van der Waals surface area (Å²) in [6.07, 6.45) is 0. The topological polar surface area (TPSA) is 46.5 Å². The summed E-state index contributed by atoms with van der Waals surface area (Å²) >= 11 is 12.3. The van der Waals surface area contributed by atoms with Crippen LogP contribution in [0, 0.1) is 0 Å². The highest BCUT2D eigenvalue weighted by atomic mass is 35.5. The summed E-state index contributed by atoms with van der Waals surface area (Å²) in [6, 6.07) is 13.3. The predicted octanol–water partition coefficient (Wildman–Crippen LogP) is 3.97. The van der Waals surface area contributed by atoms with E-state index in [2.05, 4.69) is 0 Å². The van der Waals surface area contributed by atoms with E-state index in [1.165, 1.54) is 7.11 Å². The Morgan fingerprint density at radius 1 is 1.00 bits per heavy atom. The van der Waals surface area contributed by atoms with Crippen LogP contribution in [-0.4, -0.2) is 18.2 Å². The van der Waals surface area contributed by atoms with Crippen LogP contribution in [0.3, 0.4) is 0 Å². The molecule has 0 aliphatic rings. The van der Waals surface area contributed by atoms with Crippen LogP contribution in [0.25, 0.3) is 0 Å². The smallest absolute Gasteiger partial charge is 0.345 e. The highest BCUT2D eigenvalue weighted by Crippen LogP contribution is 2.40. The Morgan fingerprint density at radius 2 is 1.40 bits per heavy atom. The fraction of sp³-hybridized carbons (Fsp3) is 0.133. The van der Waals surface area contributed by atoms with E-state index in [1.54, 1.807) is 48.5 Å². The van der Waals surface area contributed by atoms with E-state index in [9.17, 15) is 9.90 Å². The van der Waals surface area contributed by atoms with Gasteiger partial charge in [-0.15, -0.1) is 0 Å². The third-order valence-electron chi connectivity index (χ3n) is 3.11. The van der Waals surface area contributed by atoms with Gasteiger partial charge in [0.2, 0.25) is 5.60 Å². The first-order valence-electron chi connectivity index (χ1n) is 5.82. The first kappa shape index (κ1) is 14.9. The van der Waals surface area contributed by atoms with Gasteiger partial charge in [0.1, 0.15) is 0 Å². The lowest BCUT2D eigenvalue weighted by molar-refractivity contribution is -0.158. The highest BCUT2D eigenvalue weighted by molar-refractivity contribution is 6.33. The monoisotopic (exact) mass is 310 g/mol. The molecule has 0 unspecified atom stereocenters. The molecule has 0 saturated heterocycles. The highest BCUT2D eigenvalue weighted by Gasteiger charge is 2.45. The first-order chi connectivity index (χ1) is 9.54. The maximum atomic E-state index is 11.9. The Labute approximate surface area is 126 Å². The molecule has 0 radical (unpaired) electrons. The van der Waals surface area contributed by atoms with Crippen molar-refractivity contribution in [2.75, 3.05) is 7.11 Å². The van der Waals surface area contributed by atoms with Gasteiger partial charge in [0.05, 0.1) is 0 Å². The Kier molecular flexibility index (Phi) is 4.33. The molecular weight excluding hydrogens is 299 g/mol. The van der Waals surface area contributed by atoms with Gasteiger partial charge < -0.3 is 9.84 Å². The molecule has 0 heterocycles. The number of aliphatic carboxylic acids is 1. The summed E-state index contributed by atoms with van der Waals surface area (Å²) in [5.41, 5.74) is -1.06. The van der Waals surface area contributed by atoms with E-state index in [0.717, 1.165) is 0 Å². The number of hydrogen-bond donors (Lipinski definition) is 1. The average Bonchev–Trinajstić information content (AvgIpc) is 2.43. The molecule has 0 saturated carbocycles. The molecule has 104 valence electrons. The summed E-state index contributed by atoms with van der Waals surface area (Å²) < 4.78 is 5.36. The Bertz CT molecular complexity index is 595. The number of carbonyl (C=O) groups is 1. The van der Waals surface area contributed by atoms with Crippen molar-refractivity contribution >= 4 is 29.2 Å². The molecule has 2 rings (SSSR count). The molecule has 0 amide bonds. The number of halogens is 2. The Balaban J connectivity index is 2.80. The average molecular weight is 311 g/mol. The minimum atomic E-state index is -1.74. The summed E-state index contributed by atoms with van der Waals surface area (Å²) in [6.45, 7) is 0. The van der Waals surface area contributed by atoms with Crippen molar-refractivity contribution < 1.29 is 14.6 Å². The maximum absolute atomic E-state index is 11.9. The van der Waals surface area contributed by atoms with E-state index in [0.29, 0.717) is 21.2 Å². The van der Waals surface area contributed by atoms with Crippen LogP contribution < -0.4 is 0 Å². The van der Waals surface area contributed by atoms with E-state index >= 15 is 0 Å². The fourth-order valence-electron chi connectivity index (χ4n) is 2.18. The number of benzene rings is 2. The zero-order chi connectivity index (χ0) is 14.8. The molecule has 2 aromatic rings. The van der Waals surface area contributed by atoms with Gasteiger partial charge in [-0.2, -0.15) is 0 Å². The van der Waals surface area contributed by atoms with Crippen LogP contribution in [0.1, 0.15) is 11.1 Å². The third kappa shape index (κ3) is 2.29. The number of hydrogen-bond acceptors (Lipinski definition) is 2. The molecule has 3 nitrogen and oxygen atoms in total. The van der Waals surface area contributed by atoms with Crippen molar-refractivity contribution in [1.29, 1.82) is 0 Å². The normalized spacial score (nSPS) is 11.3. The van der Waals surface area contributed by atoms with Crippen molar-refractivity contribution in [3.05, 3.63) is 69.7 Å². The van der Waals surface area contributed by atoms with E-state index in [1.807, 2.05) is 0 Å². The zero-order valence-corrected chi connectivity index (χ0v) is 12.2. The van der Waals surface area contributed by atoms with E-state index in [-0.39, 0.29) is 0 Å². The van der Waals surface area contributed by atoms with Gasteiger partial charge in [-0.25, -0.2) is 4.79 Å². The molecule has 1 N–H and O–H groups in total. The van der Waals surface area contributed by atoms with Crippen LogP contribution >= 0.6 is 23.2 Å². The molecular formula is C15H12Cl2O3. The van der Waals surface area contributed by atoms with Crippen LogP contribution in [0.5, 0.6) is 0 Å². The minimum Gasteiger partial charge on any atom is -0.479 e. The predicted molar refractivity (Wildman–Crippen MR) is 78.3 cm³/mol. The number of ether oxygens (including phenoxy) is 1. The van der Waals surface area contributed by atoms with Gasteiger partial charge in [-0.1, -0.05) is 59.6 Å². The van der Waals surface area contributed by atoms with Crippen molar-refractivity contribution in [3.63, 3.8) is 0 Å². The lowest BCUT2D eigenvalue weighted by atomic mass is 9.86. The first-order valence-corrected chi connectivity index (χ1v) is 6.58. The SMILES string of the molecule is COC(C(=O)O)(c1ccccc1Cl)c1ccccc1Cl. The van der Waals surface area contributed by atoms with Gasteiger partial charge in [-0.3, -0.25) is 0 Å². The molecule has 0 fully saturated rings. The Morgan fingerprint density at radius 3 is 1.70 bits per heavy atom. The second kappa shape index (κ2) is 5.83. The minimum absolute atomic E-state index is 0.302. The van der Waals surface area contributed by atoms with E-state index in [4.69, 9.17) is 27.9 Å². The largest absolute Gasteiger partial charge is 0.479 e. The number of methoxy groups -OCH3 is 1. The van der Waals surface area contributed by atoms with Crippen molar-refractivity contribution in [2.45, 2.75) is 5.60 Å². The second-order valence-corrected chi connectivity index (χ2v) is 4.96. The van der Waals surface area contributed by atoms with Crippen LogP contribution in [0.2, 0.25) is 10.0 Å². The molecule has 0 aliphatic heterocycles. The van der Waals surface area contributed by atoms with Gasteiger partial charge in [0, 0.05) is 28.3 Å². The molecule has 0 spiro atoms. The third-order valence-corrected chi connectivity index (χ3v) is 3.77. The quantitative estimate of drug-likeness (QED) is 0.929. The molecule has 0 bridgehead atoms. The summed E-state index contributed by atoms with van der Waals surface area (Å²) in [4.78, 5) is 11.9.